The van der Waals surface area contributed by atoms with Gasteiger partial charge in [0.05, 0.1) is 23.9 Å². The van der Waals surface area contributed by atoms with Gasteiger partial charge < -0.3 is 20.1 Å². The molecule has 0 saturated heterocycles. The first-order valence-corrected chi connectivity index (χ1v) is 7.86. The molecule has 0 unspecified atom stereocenters. The first-order chi connectivity index (χ1) is 11.7. The Balaban J connectivity index is 1.40. The van der Waals surface area contributed by atoms with E-state index in [4.69, 9.17) is 0 Å². The van der Waals surface area contributed by atoms with E-state index in [-0.39, 0.29) is 11.5 Å². The van der Waals surface area contributed by atoms with Crippen molar-refractivity contribution in [2.75, 3.05) is 19.6 Å². The molecule has 124 valence electrons. The van der Waals surface area contributed by atoms with Crippen LogP contribution in [-0.2, 0) is 6.54 Å². The fraction of sp³-hybridized carbons (Fsp3) is 0.222. The zero-order valence-corrected chi connectivity index (χ0v) is 13.3. The number of hydrogen-bond donors (Lipinski definition) is 3. The standard InChI is InChI=1S/C18H20N4O2/c23-15-6-5-14(18(24)11-15)12-20-8-7-19-9-10-22-13-21-16-3-1-2-4-17(16)22/h1-6,11-13,19,23-24H,7-10H2. The first kappa shape index (κ1) is 16.0. The molecule has 3 N–H and O–H groups in total. The Bertz CT molecular complexity index is 842. The summed E-state index contributed by atoms with van der Waals surface area (Å²) in [6.45, 7) is 3.05. The SMILES string of the molecule is Oc1ccc(C=NCCNCCn2cnc3ccccc32)c(O)c1. The van der Waals surface area contributed by atoms with Gasteiger partial charge in [-0.3, -0.25) is 4.99 Å². The molecule has 0 amide bonds. The minimum absolute atomic E-state index is 0.0266. The summed E-state index contributed by atoms with van der Waals surface area (Å²) in [5.41, 5.74) is 2.74. The smallest absolute Gasteiger partial charge is 0.128 e. The van der Waals surface area contributed by atoms with Gasteiger partial charge in [-0.05, 0) is 24.3 Å². The summed E-state index contributed by atoms with van der Waals surface area (Å²) in [5.74, 6) is 0.0667. The molecule has 3 aromatic rings. The highest BCUT2D eigenvalue weighted by atomic mass is 16.3. The highest BCUT2D eigenvalue weighted by Gasteiger charge is 2.00. The van der Waals surface area contributed by atoms with E-state index in [0.29, 0.717) is 12.1 Å². The van der Waals surface area contributed by atoms with E-state index >= 15 is 0 Å². The fourth-order valence-corrected chi connectivity index (χ4v) is 2.46. The Labute approximate surface area is 140 Å². The molecule has 0 radical (unpaired) electrons. The molecule has 0 aliphatic rings. The minimum Gasteiger partial charge on any atom is -0.508 e. The van der Waals surface area contributed by atoms with Gasteiger partial charge in [0.2, 0.25) is 0 Å². The second kappa shape index (κ2) is 7.61. The van der Waals surface area contributed by atoms with Crippen molar-refractivity contribution in [3.63, 3.8) is 0 Å². The number of benzene rings is 2. The molecule has 2 aromatic carbocycles. The van der Waals surface area contributed by atoms with Gasteiger partial charge in [-0.25, -0.2) is 4.98 Å². The maximum absolute atomic E-state index is 9.65. The third-order valence-corrected chi connectivity index (χ3v) is 3.72. The van der Waals surface area contributed by atoms with Gasteiger partial charge in [0, 0.05) is 37.5 Å². The summed E-state index contributed by atoms with van der Waals surface area (Å²) in [7, 11) is 0. The van der Waals surface area contributed by atoms with Gasteiger partial charge in [-0.2, -0.15) is 0 Å². The lowest BCUT2D eigenvalue weighted by Crippen LogP contribution is -2.22. The maximum Gasteiger partial charge on any atom is 0.128 e. The lowest BCUT2D eigenvalue weighted by atomic mass is 10.2. The van der Waals surface area contributed by atoms with E-state index < -0.39 is 0 Å². The van der Waals surface area contributed by atoms with Crippen LogP contribution < -0.4 is 5.32 Å². The summed E-state index contributed by atoms with van der Waals surface area (Å²) >= 11 is 0. The van der Waals surface area contributed by atoms with E-state index in [1.54, 1.807) is 12.3 Å². The third kappa shape index (κ3) is 3.91. The molecule has 1 heterocycles. The third-order valence-electron chi connectivity index (χ3n) is 3.72. The molecule has 6 heteroatoms. The lowest BCUT2D eigenvalue weighted by Gasteiger charge is -2.05. The second-order valence-corrected chi connectivity index (χ2v) is 5.46. The number of nitrogens with one attached hydrogen (secondary N) is 1. The van der Waals surface area contributed by atoms with Gasteiger partial charge in [0.25, 0.3) is 0 Å². The summed E-state index contributed by atoms with van der Waals surface area (Å²) in [6, 6.07) is 12.5. The van der Waals surface area contributed by atoms with Crippen LogP contribution >= 0.6 is 0 Å². The molecule has 0 bridgehead atoms. The normalized spacial score (nSPS) is 11.5. The Kier molecular flexibility index (Phi) is 5.08. The van der Waals surface area contributed by atoms with Crippen molar-refractivity contribution in [1.29, 1.82) is 0 Å². The zero-order valence-electron chi connectivity index (χ0n) is 13.3. The van der Waals surface area contributed by atoms with Gasteiger partial charge >= 0.3 is 0 Å². The largest absolute Gasteiger partial charge is 0.508 e. The molecule has 0 spiro atoms. The predicted molar refractivity (Wildman–Crippen MR) is 94.8 cm³/mol. The van der Waals surface area contributed by atoms with E-state index in [1.165, 1.54) is 12.1 Å². The molecule has 1 aromatic heterocycles. The van der Waals surface area contributed by atoms with Gasteiger partial charge in [0.1, 0.15) is 11.5 Å². The number of hydrogen-bond acceptors (Lipinski definition) is 5. The topological polar surface area (TPSA) is 82.7 Å². The number of phenols is 2. The molecule has 0 fully saturated rings. The van der Waals surface area contributed by atoms with E-state index in [9.17, 15) is 10.2 Å². The summed E-state index contributed by atoms with van der Waals surface area (Å²) in [4.78, 5) is 8.63. The molecule has 0 atom stereocenters. The second-order valence-electron chi connectivity index (χ2n) is 5.46. The highest BCUT2D eigenvalue weighted by molar-refractivity contribution is 5.83. The molecular formula is C18H20N4O2. The molecule has 0 aliphatic heterocycles. The van der Waals surface area contributed by atoms with Crippen molar-refractivity contribution in [3.05, 3.63) is 54.4 Å². The number of imidazole rings is 1. The number of phenolic OH excluding ortho intramolecular Hbond substituents is 2. The number of fused-ring (bicyclic) bond motifs is 1. The molecular weight excluding hydrogens is 304 g/mol. The molecule has 3 rings (SSSR count). The highest BCUT2D eigenvalue weighted by Crippen LogP contribution is 2.20. The molecule has 24 heavy (non-hydrogen) atoms. The van der Waals surface area contributed by atoms with Crippen LogP contribution in [-0.4, -0.2) is 45.6 Å². The van der Waals surface area contributed by atoms with Crippen LogP contribution in [0.15, 0.2) is 53.8 Å². The number of aliphatic imine (C=N–C) groups is 1. The average molecular weight is 324 g/mol. The van der Waals surface area contributed by atoms with Crippen LogP contribution in [0.1, 0.15) is 5.56 Å². The molecule has 6 nitrogen and oxygen atoms in total. The van der Waals surface area contributed by atoms with Gasteiger partial charge in [0.15, 0.2) is 0 Å². The monoisotopic (exact) mass is 324 g/mol. The Morgan fingerprint density at radius 1 is 1.12 bits per heavy atom. The number of para-hydroxylation sites is 2. The quantitative estimate of drug-likeness (QED) is 0.459. The Morgan fingerprint density at radius 2 is 2.00 bits per heavy atom. The Hall–Kier alpha value is -2.86. The maximum atomic E-state index is 9.65. The first-order valence-electron chi connectivity index (χ1n) is 7.86. The van der Waals surface area contributed by atoms with Crippen LogP contribution in [0.2, 0.25) is 0 Å². The van der Waals surface area contributed by atoms with Crippen LogP contribution in [0.3, 0.4) is 0 Å². The minimum atomic E-state index is 0.0266. The van der Waals surface area contributed by atoms with Crippen LogP contribution in [0.5, 0.6) is 11.5 Å². The van der Waals surface area contributed by atoms with E-state index in [1.807, 2.05) is 24.5 Å². The van der Waals surface area contributed by atoms with Crippen molar-refractivity contribution in [2.24, 2.45) is 4.99 Å². The van der Waals surface area contributed by atoms with Gasteiger partial charge in [-0.15, -0.1) is 0 Å². The predicted octanol–water partition coefficient (Wildman–Crippen LogP) is 2.16. The van der Waals surface area contributed by atoms with E-state index in [0.717, 1.165) is 30.7 Å². The van der Waals surface area contributed by atoms with Crippen molar-refractivity contribution < 1.29 is 10.2 Å². The summed E-state index contributed by atoms with van der Waals surface area (Å²) in [6.07, 6.45) is 3.47. The summed E-state index contributed by atoms with van der Waals surface area (Å²) < 4.78 is 2.13. The van der Waals surface area contributed by atoms with E-state index in [2.05, 4.69) is 25.9 Å². The van der Waals surface area contributed by atoms with Crippen LogP contribution in [0.4, 0.5) is 0 Å². The van der Waals surface area contributed by atoms with Crippen molar-refractivity contribution in [2.45, 2.75) is 6.54 Å². The Morgan fingerprint density at radius 3 is 2.88 bits per heavy atom. The summed E-state index contributed by atoms with van der Waals surface area (Å²) in [5, 5.41) is 22.2. The van der Waals surface area contributed by atoms with Crippen molar-refractivity contribution in [3.8, 4) is 11.5 Å². The average Bonchev–Trinajstić information content (AvgIpc) is 2.99. The zero-order chi connectivity index (χ0) is 16.8. The number of rotatable bonds is 7. The number of nitrogens with zero attached hydrogens (tertiary/aromatic N) is 3. The number of aromatic hydroxyl groups is 2. The fourth-order valence-electron chi connectivity index (χ4n) is 2.46. The molecule has 0 saturated carbocycles. The lowest BCUT2D eigenvalue weighted by molar-refractivity contribution is 0.450. The van der Waals surface area contributed by atoms with Gasteiger partial charge in [-0.1, -0.05) is 12.1 Å². The van der Waals surface area contributed by atoms with Crippen molar-refractivity contribution >= 4 is 17.2 Å². The molecule has 0 aliphatic carbocycles. The van der Waals surface area contributed by atoms with Crippen LogP contribution in [0.25, 0.3) is 11.0 Å². The van der Waals surface area contributed by atoms with Crippen molar-refractivity contribution in [1.82, 2.24) is 14.9 Å². The van der Waals surface area contributed by atoms with Crippen LogP contribution in [0, 0.1) is 0 Å². The number of aromatic nitrogens is 2.